The molecule has 0 saturated carbocycles. The molecule has 166 valence electrons. The van der Waals surface area contributed by atoms with E-state index in [-0.39, 0.29) is 17.9 Å². The lowest BCUT2D eigenvalue weighted by atomic mass is 9.81. The van der Waals surface area contributed by atoms with Gasteiger partial charge in [-0.15, -0.1) is 11.3 Å². The number of rotatable bonds is 6. The Kier molecular flexibility index (Phi) is 6.44. The molecule has 2 aromatic carbocycles. The molecule has 0 N–H and O–H groups in total. The van der Waals surface area contributed by atoms with Gasteiger partial charge in [0.15, 0.2) is 0 Å². The number of hydrogen-bond donors (Lipinski definition) is 0. The van der Waals surface area contributed by atoms with E-state index in [9.17, 15) is 9.59 Å². The number of anilines is 1. The van der Waals surface area contributed by atoms with E-state index in [2.05, 4.69) is 0 Å². The first-order chi connectivity index (χ1) is 15.4. The van der Waals surface area contributed by atoms with Gasteiger partial charge < -0.3 is 14.5 Å². The highest BCUT2D eigenvalue weighted by Crippen LogP contribution is 2.45. The average molecular weight is 449 g/mol. The van der Waals surface area contributed by atoms with Gasteiger partial charge in [-0.25, -0.2) is 0 Å². The lowest BCUT2D eigenvalue weighted by Crippen LogP contribution is -2.48. The summed E-state index contributed by atoms with van der Waals surface area (Å²) in [5, 5.41) is 1.99. The Morgan fingerprint density at radius 3 is 2.62 bits per heavy atom. The second kappa shape index (κ2) is 9.27. The van der Waals surface area contributed by atoms with E-state index < -0.39 is 5.92 Å². The topological polar surface area (TPSA) is 49.9 Å². The minimum atomic E-state index is -0.510. The van der Waals surface area contributed by atoms with E-state index in [0.717, 1.165) is 27.3 Å². The minimum absolute atomic E-state index is 0.0283. The van der Waals surface area contributed by atoms with Gasteiger partial charge in [0.1, 0.15) is 0 Å². The molecule has 4 rings (SSSR count). The molecule has 32 heavy (non-hydrogen) atoms. The lowest BCUT2D eigenvalue weighted by molar-refractivity contribution is -0.121. The SMILES string of the molecule is COCCN1C(=O)c2ccccc2C(C(=O)N(C)c2cc(C)ccc2C)C1c1cccs1. The van der Waals surface area contributed by atoms with Crippen molar-refractivity contribution in [2.45, 2.75) is 25.8 Å². The van der Waals surface area contributed by atoms with E-state index >= 15 is 0 Å². The molecule has 1 aliphatic rings. The molecule has 3 aromatic rings. The number of nitrogens with zero attached hydrogens (tertiary/aromatic N) is 2. The van der Waals surface area contributed by atoms with E-state index in [1.807, 2.05) is 80.9 Å². The number of hydrogen-bond acceptors (Lipinski definition) is 4. The monoisotopic (exact) mass is 448 g/mol. The van der Waals surface area contributed by atoms with Gasteiger partial charge in [-0.05, 0) is 54.1 Å². The third-order valence-corrected chi connectivity index (χ3v) is 7.08. The van der Waals surface area contributed by atoms with Crippen LogP contribution in [0.2, 0.25) is 0 Å². The molecule has 1 aromatic heterocycles. The van der Waals surface area contributed by atoms with Crippen LogP contribution in [0.5, 0.6) is 0 Å². The van der Waals surface area contributed by atoms with Crippen LogP contribution in [0.25, 0.3) is 0 Å². The Labute approximate surface area is 193 Å². The second-order valence-electron chi connectivity index (χ2n) is 8.20. The molecule has 0 radical (unpaired) electrons. The van der Waals surface area contributed by atoms with Gasteiger partial charge in [0.25, 0.3) is 5.91 Å². The fourth-order valence-corrected chi connectivity index (χ4v) is 5.35. The summed E-state index contributed by atoms with van der Waals surface area (Å²) in [5.74, 6) is -0.599. The van der Waals surface area contributed by atoms with Crippen LogP contribution < -0.4 is 4.90 Å². The number of benzene rings is 2. The number of thiophene rings is 1. The second-order valence-corrected chi connectivity index (χ2v) is 9.18. The number of carbonyl (C=O) groups excluding carboxylic acids is 2. The van der Waals surface area contributed by atoms with Crippen molar-refractivity contribution in [2.75, 3.05) is 32.2 Å². The van der Waals surface area contributed by atoms with Crippen LogP contribution in [0.1, 0.15) is 43.9 Å². The van der Waals surface area contributed by atoms with Crippen molar-refractivity contribution in [3.05, 3.63) is 87.1 Å². The minimum Gasteiger partial charge on any atom is -0.383 e. The molecule has 1 aliphatic heterocycles. The summed E-state index contributed by atoms with van der Waals surface area (Å²) in [7, 11) is 3.45. The Balaban J connectivity index is 1.86. The van der Waals surface area contributed by atoms with Crippen LogP contribution in [-0.2, 0) is 9.53 Å². The van der Waals surface area contributed by atoms with Crippen molar-refractivity contribution in [3.63, 3.8) is 0 Å². The molecule has 2 unspecified atom stereocenters. The van der Waals surface area contributed by atoms with Crippen LogP contribution in [0, 0.1) is 13.8 Å². The lowest BCUT2D eigenvalue weighted by Gasteiger charge is -2.42. The van der Waals surface area contributed by atoms with Gasteiger partial charge >= 0.3 is 0 Å². The Hall–Kier alpha value is -2.96. The smallest absolute Gasteiger partial charge is 0.254 e. The van der Waals surface area contributed by atoms with Crippen molar-refractivity contribution in [3.8, 4) is 0 Å². The molecule has 2 heterocycles. The Bertz CT molecular complexity index is 1130. The van der Waals surface area contributed by atoms with Crippen LogP contribution in [0.4, 0.5) is 5.69 Å². The molecular formula is C26H28N2O3S. The summed E-state index contributed by atoms with van der Waals surface area (Å²) < 4.78 is 5.30. The average Bonchev–Trinajstić information content (AvgIpc) is 3.33. The summed E-state index contributed by atoms with van der Waals surface area (Å²) in [6, 6.07) is 17.2. The predicted octanol–water partition coefficient (Wildman–Crippen LogP) is 4.96. The zero-order valence-corrected chi connectivity index (χ0v) is 19.7. The summed E-state index contributed by atoms with van der Waals surface area (Å²) in [6.07, 6.45) is 0. The van der Waals surface area contributed by atoms with Gasteiger partial charge in [0, 0.05) is 36.8 Å². The first kappa shape index (κ1) is 22.2. The van der Waals surface area contributed by atoms with E-state index in [1.165, 1.54) is 0 Å². The summed E-state index contributed by atoms with van der Waals surface area (Å²) in [5.41, 5.74) is 4.39. The molecule has 0 aliphatic carbocycles. The Morgan fingerprint density at radius 1 is 1.12 bits per heavy atom. The summed E-state index contributed by atoms with van der Waals surface area (Å²) in [4.78, 5) is 32.1. The maximum absolute atomic E-state index is 14.1. The van der Waals surface area contributed by atoms with Crippen LogP contribution >= 0.6 is 11.3 Å². The van der Waals surface area contributed by atoms with Crippen LogP contribution in [0.15, 0.2) is 60.0 Å². The summed E-state index contributed by atoms with van der Waals surface area (Å²) in [6.45, 7) is 4.86. The summed E-state index contributed by atoms with van der Waals surface area (Å²) >= 11 is 1.57. The van der Waals surface area contributed by atoms with Crippen molar-refractivity contribution in [1.29, 1.82) is 0 Å². The zero-order chi connectivity index (χ0) is 22.8. The number of likely N-dealkylation sites (N-methyl/N-ethyl adjacent to an activating group) is 1. The fraction of sp³-hybridized carbons (Fsp3) is 0.308. The van der Waals surface area contributed by atoms with E-state index in [4.69, 9.17) is 4.74 Å². The number of fused-ring (bicyclic) bond motifs is 1. The number of methoxy groups -OCH3 is 1. The van der Waals surface area contributed by atoms with Gasteiger partial charge in [0.05, 0.1) is 18.6 Å². The quantitative estimate of drug-likeness (QED) is 0.536. The molecule has 5 nitrogen and oxygen atoms in total. The predicted molar refractivity (Wildman–Crippen MR) is 128 cm³/mol. The van der Waals surface area contributed by atoms with Gasteiger partial charge in [-0.1, -0.05) is 36.4 Å². The van der Waals surface area contributed by atoms with Gasteiger partial charge in [0.2, 0.25) is 5.91 Å². The third-order valence-electron chi connectivity index (χ3n) is 6.13. The van der Waals surface area contributed by atoms with E-state index in [0.29, 0.717) is 18.7 Å². The Morgan fingerprint density at radius 2 is 1.91 bits per heavy atom. The first-order valence-electron chi connectivity index (χ1n) is 10.7. The zero-order valence-electron chi connectivity index (χ0n) is 18.9. The third kappa shape index (κ3) is 3.96. The standard InChI is InChI=1S/C26H28N2O3S/c1-17-11-12-18(2)21(16-17)27(3)26(30)23-19-8-5-6-9-20(19)25(29)28(13-14-31-4)24(23)22-10-7-15-32-22/h5-12,15-16,23-24H,13-14H2,1-4H3. The van der Waals surface area contributed by atoms with Crippen LogP contribution in [0.3, 0.4) is 0 Å². The maximum atomic E-state index is 14.1. The number of amides is 2. The highest BCUT2D eigenvalue weighted by atomic mass is 32.1. The molecular weight excluding hydrogens is 420 g/mol. The normalized spacial score (nSPS) is 17.9. The highest BCUT2D eigenvalue weighted by Gasteiger charge is 2.45. The first-order valence-corrected chi connectivity index (χ1v) is 11.6. The van der Waals surface area contributed by atoms with Crippen molar-refractivity contribution < 1.29 is 14.3 Å². The highest BCUT2D eigenvalue weighted by molar-refractivity contribution is 7.10. The molecule has 6 heteroatoms. The number of ether oxygens (including phenoxy) is 1. The van der Waals surface area contributed by atoms with Gasteiger partial charge in [-0.3, -0.25) is 9.59 Å². The molecule has 0 spiro atoms. The fourth-order valence-electron chi connectivity index (χ4n) is 4.48. The van der Waals surface area contributed by atoms with Crippen molar-refractivity contribution in [1.82, 2.24) is 4.90 Å². The maximum Gasteiger partial charge on any atom is 0.254 e. The number of aryl methyl sites for hydroxylation is 2. The molecule has 0 saturated heterocycles. The molecule has 0 fully saturated rings. The molecule has 2 atom stereocenters. The van der Waals surface area contributed by atoms with Gasteiger partial charge in [-0.2, -0.15) is 0 Å². The largest absolute Gasteiger partial charge is 0.383 e. The van der Waals surface area contributed by atoms with Crippen molar-refractivity contribution in [2.24, 2.45) is 0 Å². The van der Waals surface area contributed by atoms with Crippen LogP contribution in [-0.4, -0.2) is 44.0 Å². The molecule has 0 bridgehead atoms. The number of carbonyl (C=O) groups is 2. The van der Waals surface area contributed by atoms with E-state index in [1.54, 1.807) is 28.2 Å². The molecule has 2 amide bonds. The van der Waals surface area contributed by atoms with Crippen molar-refractivity contribution >= 4 is 28.8 Å².